The molecule has 0 saturated carbocycles. The number of nitrogens with zero attached hydrogens (tertiary/aromatic N) is 2. The maximum Gasteiger partial charge on any atom is 0.257 e. The van der Waals surface area contributed by atoms with E-state index in [0.29, 0.717) is 18.8 Å². The normalized spacial score (nSPS) is 25.8. The Hall–Kier alpha value is -2.18. The van der Waals surface area contributed by atoms with Crippen molar-refractivity contribution in [1.29, 1.82) is 0 Å². The number of carbonyl (C=O) groups is 1. The van der Waals surface area contributed by atoms with Gasteiger partial charge >= 0.3 is 0 Å². The fourth-order valence-electron chi connectivity index (χ4n) is 3.72. The third-order valence-corrected chi connectivity index (χ3v) is 4.96. The molecule has 132 valence electrons. The molecule has 4 rings (SSSR count). The van der Waals surface area contributed by atoms with Crippen LogP contribution in [0.5, 0.6) is 0 Å². The van der Waals surface area contributed by atoms with Crippen molar-refractivity contribution in [3.8, 4) is 0 Å². The first kappa shape index (κ1) is 16.3. The number of ether oxygens (including phenoxy) is 2. The number of fused-ring (bicyclic) bond motifs is 1. The molecule has 0 N–H and O–H groups in total. The Labute approximate surface area is 146 Å². The highest BCUT2D eigenvalue weighted by molar-refractivity contribution is 5.94. The summed E-state index contributed by atoms with van der Waals surface area (Å²) in [5.74, 6) is 0.0381. The monoisotopic (exact) mass is 342 g/mol. The van der Waals surface area contributed by atoms with Crippen molar-refractivity contribution in [3.63, 3.8) is 0 Å². The Morgan fingerprint density at radius 3 is 3.08 bits per heavy atom. The SMILES string of the molecule is O=C(c1ccoc1)N1CC[C@@H]2O[C@@H](COCc3cccnc3)CC[C@@H]21. The standard InChI is InChI=1S/C19H22N2O4/c22-19(15-6-9-23-12-15)21-8-5-18-17(21)4-3-16(25-18)13-24-11-14-2-1-7-20-10-14/h1-2,6-7,9-10,12,16-18H,3-5,8,11,13H2/t16-,17+,18+/m1/s1. The molecule has 2 saturated heterocycles. The Bertz CT molecular complexity index is 689. The lowest BCUT2D eigenvalue weighted by Gasteiger charge is -2.35. The first-order valence-corrected chi connectivity index (χ1v) is 8.76. The van der Waals surface area contributed by atoms with Crippen LogP contribution >= 0.6 is 0 Å². The molecule has 2 aliphatic rings. The molecule has 0 unspecified atom stereocenters. The van der Waals surface area contributed by atoms with Gasteiger partial charge in [-0.2, -0.15) is 0 Å². The second-order valence-electron chi connectivity index (χ2n) is 6.62. The van der Waals surface area contributed by atoms with Crippen LogP contribution in [0.4, 0.5) is 0 Å². The molecule has 4 heterocycles. The Balaban J connectivity index is 1.27. The zero-order valence-electron chi connectivity index (χ0n) is 14.0. The molecular weight excluding hydrogens is 320 g/mol. The molecule has 2 aliphatic heterocycles. The lowest BCUT2D eigenvalue weighted by atomic mass is 9.99. The quantitative estimate of drug-likeness (QED) is 0.836. The topological polar surface area (TPSA) is 64.8 Å². The lowest BCUT2D eigenvalue weighted by Crippen LogP contribution is -2.45. The zero-order valence-corrected chi connectivity index (χ0v) is 14.0. The summed E-state index contributed by atoms with van der Waals surface area (Å²) in [4.78, 5) is 18.6. The molecule has 0 aliphatic carbocycles. The fraction of sp³-hybridized carbons (Fsp3) is 0.474. The van der Waals surface area contributed by atoms with Crippen LogP contribution in [-0.2, 0) is 16.1 Å². The summed E-state index contributed by atoms with van der Waals surface area (Å²) in [5.41, 5.74) is 1.68. The molecule has 2 aromatic heterocycles. The highest BCUT2D eigenvalue weighted by atomic mass is 16.5. The Morgan fingerprint density at radius 2 is 2.28 bits per heavy atom. The van der Waals surface area contributed by atoms with Crippen molar-refractivity contribution in [2.45, 2.75) is 44.1 Å². The van der Waals surface area contributed by atoms with E-state index in [4.69, 9.17) is 13.9 Å². The number of pyridine rings is 1. The molecule has 25 heavy (non-hydrogen) atoms. The van der Waals surface area contributed by atoms with Gasteiger partial charge in [0.15, 0.2) is 0 Å². The van der Waals surface area contributed by atoms with E-state index in [1.54, 1.807) is 12.3 Å². The number of carbonyl (C=O) groups excluding carboxylic acids is 1. The molecule has 0 radical (unpaired) electrons. The fourth-order valence-corrected chi connectivity index (χ4v) is 3.72. The highest BCUT2D eigenvalue weighted by Gasteiger charge is 2.42. The number of amides is 1. The molecule has 6 heteroatoms. The Morgan fingerprint density at radius 1 is 1.32 bits per heavy atom. The molecule has 0 bridgehead atoms. The van der Waals surface area contributed by atoms with E-state index < -0.39 is 0 Å². The van der Waals surface area contributed by atoms with E-state index in [0.717, 1.165) is 31.4 Å². The maximum atomic E-state index is 12.6. The maximum absolute atomic E-state index is 12.6. The summed E-state index contributed by atoms with van der Waals surface area (Å²) in [6.07, 6.45) is 9.56. The van der Waals surface area contributed by atoms with Gasteiger partial charge in [0.25, 0.3) is 5.91 Å². The van der Waals surface area contributed by atoms with Crippen LogP contribution < -0.4 is 0 Å². The van der Waals surface area contributed by atoms with Gasteiger partial charge in [0.2, 0.25) is 0 Å². The number of hydrogen-bond acceptors (Lipinski definition) is 5. The van der Waals surface area contributed by atoms with Crippen LogP contribution in [0.2, 0.25) is 0 Å². The summed E-state index contributed by atoms with van der Waals surface area (Å²) in [6, 6.07) is 5.79. The van der Waals surface area contributed by atoms with Crippen molar-refractivity contribution < 1.29 is 18.7 Å². The van der Waals surface area contributed by atoms with Gasteiger partial charge in [0.1, 0.15) is 6.26 Å². The van der Waals surface area contributed by atoms with Crippen LogP contribution in [0.3, 0.4) is 0 Å². The van der Waals surface area contributed by atoms with Crippen LogP contribution in [0, 0.1) is 0 Å². The molecule has 0 spiro atoms. The van der Waals surface area contributed by atoms with Crippen LogP contribution in [0.15, 0.2) is 47.5 Å². The van der Waals surface area contributed by atoms with Gasteiger partial charge in [0.05, 0.1) is 43.3 Å². The van der Waals surface area contributed by atoms with Gasteiger partial charge in [-0.25, -0.2) is 0 Å². The Kier molecular flexibility index (Phi) is 4.81. The van der Waals surface area contributed by atoms with Crippen molar-refractivity contribution in [2.24, 2.45) is 0 Å². The summed E-state index contributed by atoms with van der Waals surface area (Å²) >= 11 is 0. The molecular formula is C19H22N2O4. The first-order chi connectivity index (χ1) is 12.3. The van der Waals surface area contributed by atoms with Crippen molar-refractivity contribution in [1.82, 2.24) is 9.88 Å². The van der Waals surface area contributed by atoms with Gasteiger partial charge < -0.3 is 18.8 Å². The van der Waals surface area contributed by atoms with E-state index >= 15 is 0 Å². The van der Waals surface area contributed by atoms with Gasteiger partial charge in [0, 0.05) is 18.9 Å². The van der Waals surface area contributed by atoms with E-state index in [1.165, 1.54) is 12.5 Å². The van der Waals surface area contributed by atoms with Gasteiger partial charge in [-0.1, -0.05) is 6.07 Å². The summed E-state index contributed by atoms with van der Waals surface area (Å²) < 4.78 is 17.0. The predicted octanol–water partition coefficient (Wildman–Crippen LogP) is 2.65. The zero-order chi connectivity index (χ0) is 17.1. The van der Waals surface area contributed by atoms with Gasteiger partial charge in [-0.15, -0.1) is 0 Å². The average molecular weight is 342 g/mol. The molecule has 1 amide bonds. The summed E-state index contributed by atoms with van der Waals surface area (Å²) in [7, 11) is 0. The van der Waals surface area contributed by atoms with E-state index in [1.807, 2.05) is 23.2 Å². The number of likely N-dealkylation sites (tertiary alicyclic amines) is 1. The number of aromatic nitrogens is 1. The summed E-state index contributed by atoms with van der Waals surface area (Å²) in [6.45, 7) is 1.86. The highest BCUT2D eigenvalue weighted by Crippen LogP contribution is 2.32. The van der Waals surface area contributed by atoms with Crippen LogP contribution in [0.25, 0.3) is 0 Å². The predicted molar refractivity (Wildman–Crippen MR) is 89.9 cm³/mol. The average Bonchev–Trinajstić information content (AvgIpc) is 3.32. The number of hydrogen-bond donors (Lipinski definition) is 0. The van der Waals surface area contributed by atoms with E-state index in [-0.39, 0.29) is 24.2 Å². The minimum atomic E-state index is 0.0381. The van der Waals surface area contributed by atoms with Crippen molar-refractivity contribution in [3.05, 3.63) is 54.2 Å². The van der Waals surface area contributed by atoms with E-state index in [2.05, 4.69) is 4.98 Å². The lowest BCUT2D eigenvalue weighted by molar-refractivity contribution is -0.0987. The minimum Gasteiger partial charge on any atom is -0.472 e. The molecule has 0 aromatic carbocycles. The van der Waals surface area contributed by atoms with Crippen LogP contribution in [0.1, 0.15) is 35.2 Å². The van der Waals surface area contributed by atoms with Crippen molar-refractivity contribution >= 4 is 5.91 Å². The molecule has 3 atom stereocenters. The minimum absolute atomic E-state index is 0.0381. The van der Waals surface area contributed by atoms with Crippen LogP contribution in [-0.4, -0.2) is 47.2 Å². The molecule has 6 nitrogen and oxygen atoms in total. The molecule has 2 fully saturated rings. The van der Waals surface area contributed by atoms with Gasteiger partial charge in [-0.3, -0.25) is 9.78 Å². The smallest absolute Gasteiger partial charge is 0.257 e. The second-order valence-corrected chi connectivity index (χ2v) is 6.62. The molecule has 2 aromatic rings. The number of furan rings is 1. The third-order valence-electron chi connectivity index (χ3n) is 4.96. The second kappa shape index (κ2) is 7.37. The number of rotatable bonds is 5. The third kappa shape index (κ3) is 3.60. The van der Waals surface area contributed by atoms with Crippen molar-refractivity contribution in [2.75, 3.05) is 13.2 Å². The first-order valence-electron chi connectivity index (χ1n) is 8.76. The largest absolute Gasteiger partial charge is 0.472 e. The van der Waals surface area contributed by atoms with E-state index in [9.17, 15) is 4.79 Å². The van der Waals surface area contributed by atoms with Gasteiger partial charge in [-0.05, 0) is 37.0 Å². The summed E-state index contributed by atoms with van der Waals surface area (Å²) in [5, 5.41) is 0.